The summed E-state index contributed by atoms with van der Waals surface area (Å²) in [6, 6.07) is 0. The normalized spacial score (nSPS) is 19.4. The van der Waals surface area contributed by atoms with Gasteiger partial charge in [-0.3, -0.25) is 4.79 Å². The van der Waals surface area contributed by atoms with Crippen LogP contribution in [0.4, 0.5) is 0 Å². The van der Waals surface area contributed by atoms with Gasteiger partial charge in [-0.2, -0.15) is 0 Å². The second kappa shape index (κ2) is 5.12. The summed E-state index contributed by atoms with van der Waals surface area (Å²) in [5, 5.41) is 3.58. The van der Waals surface area contributed by atoms with E-state index in [0.717, 1.165) is 25.9 Å². The Hall–Kier alpha value is -0.0900. The van der Waals surface area contributed by atoms with Crippen LogP contribution in [0.5, 0.6) is 0 Å². The molecule has 1 fully saturated rings. The zero-order valence-electron chi connectivity index (χ0n) is 8.81. The quantitative estimate of drug-likeness (QED) is 0.623. The number of nitrogens with one attached hydrogen (secondary N) is 1. The fraction of sp³-hybridized carbons (Fsp3) is 0.900. The predicted octanol–water partition coefficient (Wildman–Crippen LogP) is 1.70. The van der Waals surface area contributed by atoms with Crippen molar-refractivity contribution in [3.63, 3.8) is 0 Å². The summed E-state index contributed by atoms with van der Waals surface area (Å²) in [7, 11) is 0. The zero-order chi connectivity index (χ0) is 10.6. The van der Waals surface area contributed by atoms with Gasteiger partial charge in [0.25, 0.3) is 0 Å². The van der Waals surface area contributed by atoms with E-state index in [2.05, 4.69) is 21.2 Å². The lowest BCUT2D eigenvalue weighted by Crippen LogP contribution is -2.43. The molecule has 1 rings (SSSR count). The first-order valence-electron chi connectivity index (χ1n) is 5.05. The number of ether oxygens (including phenoxy) is 1. The first kappa shape index (κ1) is 12.0. The first-order valence-corrected chi connectivity index (χ1v) is 6.17. The molecule has 1 saturated heterocycles. The average Bonchev–Trinajstić information content (AvgIpc) is 2.18. The predicted molar refractivity (Wildman–Crippen MR) is 59.6 cm³/mol. The molecule has 0 radical (unpaired) electrons. The van der Waals surface area contributed by atoms with Crippen molar-refractivity contribution >= 4 is 21.9 Å². The molecule has 1 aliphatic heterocycles. The number of esters is 1. The summed E-state index contributed by atoms with van der Waals surface area (Å²) in [6.45, 7) is 6.06. The smallest absolute Gasteiger partial charge is 0.317 e. The third-order valence-corrected chi connectivity index (χ3v) is 3.27. The van der Waals surface area contributed by atoms with E-state index in [1.54, 1.807) is 0 Å². The molecule has 0 aromatic heterocycles. The van der Waals surface area contributed by atoms with E-state index in [-0.39, 0.29) is 16.9 Å². The Labute approximate surface area is 93.7 Å². The molecule has 14 heavy (non-hydrogen) atoms. The largest absolute Gasteiger partial charge is 0.459 e. The molecule has 1 N–H and O–H groups in total. The van der Waals surface area contributed by atoms with Crippen molar-refractivity contribution in [3.05, 3.63) is 0 Å². The summed E-state index contributed by atoms with van der Waals surface area (Å²) in [4.78, 5) is 11.2. The van der Waals surface area contributed by atoms with Gasteiger partial charge < -0.3 is 10.1 Å². The highest BCUT2D eigenvalue weighted by Crippen LogP contribution is 2.28. The second-order valence-electron chi connectivity index (χ2n) is 4.24. The Morgan fingerprint density at radius 2 is 2.07 bits per heavy atom. The van der Waals surface area contributed by atoms with Gasteiger partial charge in [0.1, 0.15) is 10.9 Å². The number of carbonyl (C=O) groups excluding carboxylic acids is 1. The van der Waals surface area contributed by atoms with E-state index >= 15 is 0 Å². The highest BCUT2D eigenvalue weighted by Gasteiger charge is 2.33. The maximum absolute atomic E-state index is 11.2. The molecule has 0 aromatic rings. The monoisotopic (exact) mass is 263 g/mol. The highest BCUT2D eigenvalue weighted by atomic mass is 79.9. The molecule has 0 saturated carbocycles. The Bertz CT molecular complexity index is 200. The van der Waals surface area contributed by atoms with Crippen molar-refractivity contribution in [3.8, 4) is 0 Å². The third kappa shape index (κ3) is 3.24. The maximum atomic E-state index is 11.2. The summed E-state index contributed by atoms with van der Waals surface area (Å²) in [5.74, 6) is 0.306. The van der Waals surface area contributed by atoms with Gasteiger partial charge in [0.2, 0.25) is 0 Å². The molecule has 0 atom stereocenters. The lowest BCUT2D eigenvalue weighted by molar-refractivity contribution is -0.159. The fourth-order valence-corrected chi connectivity index (χ4v) is 2.04. The SMILES string of the molecule is CC(C)(OC(=O)CBr)C1CCNCC1. The molecule has 1 aliphatic rings. The topological polar surface area (TPSA) is 38.3 Å². The van der Waals surface area contributed by atoms with E-state index in [1.807, 2.05) is 13.8 Å². The molecule has 0 unspecified atom stereocenters. The lowest BCUT2D eigenvalue weighted by Gasteiger charge is -2.36. The van der Waals surface area contributed by atoms with E-state index in [9.17, 15) is 4.79 Å². The van der Waals surface area contributed by atoms with Gasteiger partial charge in [-0.1, -0.05) is 15.9 Å². The summed E-state index contributed by atoms with van der Waals surface area (Å²) in [5.41, 5.74) is -0.326. The van der Waals surface area contributed by atoms with Crippen LogP contribution in [0.3, 0.4) is 0 Å². The number of alkyl halides is 1. The zero-order valence-corrected chi connectivity index (χ0v) is 10.4. The summed E-state index contributed by atoms with van der Waals surface area (Å²) < 4.78 is 5.41. The second-order valence-corrected chi connectivity index (χ2v) is 4.80. The van der Waals surface area contributed by atoms with Crippen LogP contribution in [0.1, 0.15) is 26.7 Å². The standard InChI is InChI=1S/C10H18BrNO2/c1-10(2,14-9(13)7-11)8-3-5-12-6-4-8/h8,12H,3-7H2,1-2H3. The van der Waals surface area contributed by atoms with Crippen molar-refractivity contribution in [1.29, 1.82) is 0 Å². The van der Waals surface area contributed by atoms with Gasteiger partial charge in [-0.25, -0.2) is 0 Å². The van der Waals surface area contributed by atoms with Crippen LogP contribution >= 0.6 is 15.9 Å². The number of piperidine rings is 1. The Balaban J connectivity index is 2.49. The fourth-order valence-electron chi connectivity index (χ4n) is 1.92. The van der Waals surface area contributed by atoms with Crippen LogP contribution in [0, 0.1) is 5.92 Å². The molecule has 1 heterocycles. The number of hydrogen-bond donors (Lipinski definition) is 1. The molecule has 3 nitrogen and oxygen atoms in total. The van der Waals surface area contributed by atoms with Gasteiger partial charge in [0.15, 0.2) is 0 Å². The molecular formula is C10H18BrNO2. The van der Waals surface area contributed by atoms with Gasteiger partial charge in [0.05, 0.1) is 0 Å². The van der Waals surface area contributed by atoms with Crippen LogP contribution in [0.15, 0.2) is 0 Å². The van der Waals surface area contributed by atoms with Crippen molar-refractivity contribution in [2.24, 2.45) is 5.92 Å². The molecule has 4 heteroatoms. The van der Waals surface area contributed by atoms with Crippen molar-refractivity contribution < 1.29 is 9.53 Å². The molecule has 0 spiro atoms. The minimum atomic E-state index is -0.326. The van der Waals surface area contributed by atoms with Crippen LogP contribution in [0.2, 0.25) is 0 Å². The van der Waals surface area contributed by atoms with Crippen LogP contribution in [0.25, 0.3) is 0 Å². The third-order valence-electron chi connectivity index (χ3n) is 2.81. The number of rotatable bonds is 3. The van der Waals surface area contributed by atoms with Gasteiger partial charge in [-0.05, 0) is 39.8 Å². The van der Waals surface area contributed by atoms with Crippen LogP contribution in [-0.4, -0.2) is 30.0 Å². The summed E-state index contributed by atoms with van der Waals surface area (Å²) in [6.07, 6.45) is 2.17. The van der Waals surface area contributed by atoms with E-state index in [0.29, 0.717) is 5.92 Å². The molecule has 0 bridgehead atoms. The van der Waals surface area contributed by atoms with Crippen molar-refractivity contribution in [2.45, 2.75) is 32.3 Å². The van der Waals surface area contributed by atoms with E-state index < -0.39 is 0 Å². The number of hydrogen-bond acceptors (Lipinski definition) is 3. The minimum Gasteiger partial charge on any atom is -0.459 e. The Morgan fingerprint density at radius 1 is 1.50 bits per heavy atom. The molecule has 82 valence electrons. The number of halogens is 1. The van der Waals surface area contributed by atoms with Gasteiger partial charge in [0, 0.05) is 5.92 Å². The highest BCUT2D eigenvalue weighted by molar-refractivity contribution is 9.09. The summed E-state index contributed by atoms with van der Waals surface area (Å²) >= 11 is 3.10. The van der Waals surface area contributed by atoms with Crippen LogP contribution in [-0.2, 0) is 9.53 Å². The first-order chi connectivity index (χ1) is 6.56. The molecule has 0 aromatic carbocycles. The minimum absolute atomic E-state index is 0.173. The van der Waals surface area contributed by atoms with E-state index in [4.69, 9.17) is 4.74 Å². The van der Waals surface area contributed by atoms with E-state index in [1.165, 1.54) is 0 Å². The maximum Gasteiger partial charge on any atom is 0.317 e. The Morgan fingerprint density at radius 3 is 2.57 bits per heavy atom. The lowest BCUT2D eigenvalue weighted by atomic mass is 9.83. The number of carbonyl (C=O) groups is 1. The average molecular weight is 264 g/mol. The molecule has 0 aliphatic carbocycles. The Kier molecular flexibility index (Phi) is 4.38. The van der Waals surface area contributed by atoms with Crippen LogP contribution < -0.4 is 5.32 Å². The van der Waals surface area contributed by atoms with Crippen molar-refractivity contribution in [2.75, 3.05) is 18.4 Å². The van der Waals surface area contributed by atoms with Gasteiger partial charge >= 0.3 is 5.97 Å². The van der Waals surface area contributed by atoms with Crippen molar-refractivity contribution in [1.82, 2.24) is 5.32 Å². The van der Waals surface area contributed by atoms with Gasteiger partial charge in [-0.15, -0.1) is 0 Å². The molecule has 0 amide bonds. The molecular weight excluding hydrogens is 246 g/mol.